The second-order valence-corrected chi connectivity index (χ2v) is 6.13. The van der Waals surface area contributed by atoms with Crippen molar-refractivity contribution >= 4 is 5.96 Å². The van der Waals surface area contributed by atoms with Gasteiger partial charge in [-0.15, -0.1) is 0 Å². The largest absolute Gasteiger partial charge is 0.474 e. The van der Waals surface area contributed by atoms with Gasteiger partial charge >= 0.3 is 0 Å². The van der Waals surface area contributed by atoms with Crippen LogP contribution in [0.3, 0.4) is 0 Å². The van der Waals surface area contributed by atoms with Crippen LogP contribution < -0.4 is 15.8 Å². The molecule has 0 radical (unpaired) electrons. The van der Waals surface area contributed by atoms with Crippen molar-refractivity contribution in [3.05, 3.63) is 23.9 Å². The van der Waals surface area contributed by atoms with E-state index in [4.69, 9.17) is 10.5 Å². The van der Waals surface area contributed by atoms with Gasteiger partial charge in [0.15, 0.2) is 5.96 Å². The van der Waals surface area contributed by atoms with E-state index in [0.717, 1.165) is 37.3 Å². The number of guanidine groups is 1. The molecule has 1 heterocycles. The molecule has 3 N–H and O–H groups in total. The molecule has 1 saturated carbocycles. The number of nitrogens with zero attached hydrogens (tertiary/aromatic N) is 2. The molecular formula is C17H28N4O. The van der Waals surface area contributed by atoms with E-state index in [1.165, 1.54) is 12.8 Å². The van der Waals surface area contributed by atoms with Crippen LogP contribution >= 0.6 is 0 Å². The van der Waals surface area contributed by atoms with Crippen LogP contribution in [0.1, 0.15) is 51.5 Å². The number of aromatic nitrogens is 1. The molecule has 22 heavy (non-hydrogen) atoms. The first-order valence-corrected chi connectivity index (χ1v) is 8.32. The molecule has 2 rings (SSSR count). The lowest BCUT2D eigenvalue weighted by atomic mass is 9.89. The van der Waals surface area contributed by atoms with E-state index in [1.54, 1.807) is 6.20 Å². The molecule has 0 bridgehead atoms. The molecule has 1 aromatic rings. The summed E-state index contributed by atoms with van der Waals surface area (Å²) in [4.78, 5) is 8.64. The monoisotopic (exact) mass is 304 g/mol. The maximum atomic E-state index is 6.01. The summed E-state index contributed by atoms with van der Waals surface area (Å²) in [6, 6.07) is 3.92. The SMILES string of the molecule is CCCNC(N)=NCc1ccnc(OC2CCC(C)CC2)c1. The summed E-state index contributed by atoms with van der Waals surface area (Å²) in [5.41, 5.74) is 6.87. The zero-order valence-corrected chi connectivity index (χ0v) is 13.7. The molecule has 5 heteroatoms. The summed E-state index contributed by atoms with van der Waals surface area (Å²) >= 11 is 0. The summed E-state index contributed by atoms with van der Waals surface area (Å²) in [6.07, 6.45) is 7.85. The lowest BCUT2D eigenvalue weighted by molar-refractivity contribution is 0.130. The quantitative estimate of drug-likeness (QED) is 0.626. The number of nitrogens with one attached hydrogen (secondary N) is 1. The normalized spacial score (nSPS) is 22.4. The first-order chi connectivity index (χ1) is 10.7. The third-order valence-corrected chi connectivity index (χ3v) is 4.04. The molecule has 1 aliphatic carbocycles. The Balaban J connectivity index is 1.87. The van der Waals surface area contributed by atoms with Gasteiger partial charge in [0, 0.05) is 18.8 Å². The van der Waals surface area contributed by atoms with Crippen molar-refractivity contribution < 1.29 is 4.74 Å². The molecule has 5 nitrogen and oxygen atoms in total. The highest BCUT2D eigenvalue weighted by atomic mass is 16.5. The predicted octanol–water partition coefficient (Wildman–Crippen LogP) is 2.85. The van der Waals surface area contributed by atoms with Gasteiger partial charge in [-0.25, -0.2) is 9.98 Å². The molecule has 1 aromatic heterocycles. The van der Waals surface area contributed by atoms with Crippen LogP contribution in [0.5, 0.6) is 5.88 Å². The van der Waals surface area contributed by atoms with E-state index in [-0.39, 0.29) is 0 Å². The number of ether oxygens (including phenoxy) is 1. The summed E-state index contributed by atoms with van der Waals surface area (Å²) in [5, 5.41) is 3.07. The Labute approximate surface area is 133 Å². The molecule has 0 aromatic carbocycles. The fraction of sp³-hybridized carbons (Fsp3) is 0.647. The Kier molecular flexibility index (Phi) is 6.49. The zero-order valence-electron chi connectivity index (χ0n) is 13.7. The Hall–Kier alpha value is -1.78. The van der Waals surface area contributed by atoms with Gasteiger partial charge in [0.05, 0.1) is 6.54 Å². The summed E-state index contributed by atoms with van der Waals surface area (Å²) in [7, 11) is 0. The number of aliphatic imine (C=N–C) groups is 1. The highest BCUT2D eigenvalue weighted by Gasteiger charge is 2.19. The van der Waals surface area contributed by atoms with E-state index < -0.39 is 0 Å². The van der Waals surface area contributed by atoms with E-state index in [2.05, 4.69) is 29.1 Å². The van der Waals surface area contributed by atoms with Crippen LogP contribution in [-0.2, 0) is 6.54 Å². The minimum atomic E-state index is 0.304. The number of rotatable bonds is 6. The Morgan fingerprint density at radius 3 is 2.91 bits per heavy atom. The molecule has 1 aliphatic rings. The van der Waals surface area contributed by atoms with E-state index in [0.29, 0.717) is 24.5 Å². The van der Waals surface area contributed by atoms with Crippen molar-refractivity contribution in [1.82, 2.24) is 10.3 Å². The van der Waals surface area contributed by atoms with E-state index in [1.807, 2.05) is 12.1 Å². The van der Waals surface area contributed by atoms with Crippen LogP contribution in [0.25, 0.3) is 0 Å². The van der Waals surface area contributed by atoms with Crippen LogP contribution in [0, 0.1) is 5.92 Å². The van der Waals surface area contributed by atoms with Gasteiger partial charge in [0.25, 0.3) is 0 Å². The summed E-state index contributed by atoms with van der Waals surface area (Å²) < 4.78 is 6.01. The van der Waals surface area contributed by atoms with Crippen molar-refractivity contribution in [3.63, 3.8) is 0 Å². The molecule has 0 amide bonds. The molecule has 1 fully saturated rings. The summed E-state index contributed by atoms with van der Waals surface area (Å²) in [5.74, 6) is 2.02. The Morgan fingerprint density at radius 1 is 1.41 bits per heavy atom. The molecular weight excluding hydrogens is 276 g/mol. The topological polar surface area (TPSA) is 72.5 Å². The first-order valence-electron chi connectivity index (χ1n) is 8.32. The van der Waals surface area contributed by atoms with Gasteiger partial charge in [-0.1, -0.05) is 13.8 Å². The van der Waals surface area contributed by atoms with Crippen molar-refractivity contribution in [2.75, 3.05) is 6.54 Å². The Bertz CT molecular complexity index is 481. The predicted molar refractivity (Wildman–Crippen MR) is 89.9 cm³/mol. The third-order valence-electron chi connectivity index (χ3n) is 4.04. The zero-order chi connectivity index (χ0) is 15.8. The smallest absolute Gasteiger partial charge is 0.213 e. The van der Waals surface area contributed by atoms with Crippen LogP contribution in [0.2, 0.25) is 0 Å². The standard InChI is InChI=1S/C17H28N4O/c1-3-9-20-17(18)21-12-14-8-10-19-16(11-14)22-15-6-4-13(2)5-7-15/h8,10-11,13,15H,3-7,9,12H2,1-2H3,(H3,18,20,21). The maximum Gasteiger partial charge on any atom is 0.213 e. The van der Waals surface area contributed by atoms with Crippen molar-refractivity contribution in [2.45, 2.75) is 58.6 Å². The molecule has 0 atom stereocenters. The van der Waals surface area contributed by atoms with Crippen molar-refractivity contribution in [2.24, 2.45) is 16.6 Å². The minimum absolute atomic E-state index is 0.304. The first kappa shape index (κ1) is 16.6. The fourth-order valence-electron chi connectivity index (χ4n) is 2.62. The van der Waals surface area contributed by atoms with Gasteiger partial charge in [-0.05, 0) is 49.7 Å². The van der Waals surface area contributed by atoms with Crippen LogP contribution in [0.4, 0.5) is 0 Å². The molecule has 122 valence electrons. The van der Waals surface area contributed by atoms with E-state index in [9.17, 15) is 0 Å². The van der Waals surface area contributed by atoms with Gasteiger partial charge in [-0.2, -0.15) is 0 Å². The molecule has 0 spiro atoms. The number of pyridine rings is 1. The average molecular weight is 304 g/mol. The fourth-order valence-corrected chi connectivity index (χ4v) is 2.62. The van der Waals surface area contributed by atoms with Crippen LogP contribution in [-0.4, -0.2) is 23.6 Å². The maximum absolute atomic E-state index is 6.01. The third kappa shape index (κ3) is 5.54. The Morgan fingerprint density at radius 2 is 2.18 bits per heavy atom. The second-order valence-electron chi connectivity index (χ2n) is 6.13. The lowest BCUT2D eigenvalue weighted by Crippen LogP contribution is -2.32. The average Bonchev–Trinajstić information content (AvgIpc) is 2.53. The van der Waals surface area contributed by atoms with Gasteiger partial charge in [-0.3, -0.25) is 0 Å². The van der Waals surface area contributed by atoms with Crippen molar-refractivity contribution in [1.29, 1.82) is 0 Å². The molecule has 0 saturated heterocycles. The highest BCUT2D eigenvalue weighted by molar-refractivity contribution is 5.77. The second kappa shape index (κ2) is 8.61. The van der Waals surface area contributed by atoms with Gasteiger partial charge in [0.1, 0.15) is 6.10 Å². The lowest BCUT2D eigenvalue weighted by Gasteiger charge is -2.26. The number of hydrogen-bond acceptors (Lipinski definition) is 3. The van der Waals surface area contributed by atoms with Gasteiger partial charge in [0.2, 0.25) is 5.88 Å². The number of nitrogens with two attached hydrogens (primary N) is 1. The molecule has 0 aliphatic heterocycles. The highest BCUT2D eigenvalue weighted by Crippen LogP contribution is 2.26. The van der Waals surface area contributed by atoms with E-state index >= 15 is 0 Å². The minimum Gasteiger partial charge on any atom is -0.474 e. The van der Waals surface area contributed by atoms with Gasteiger partial charge < -0.3 is 15.8 Å². The van der Waals surface area contributed by atoms with Crippen LogP contribution in [0.15, 0.2) is 23.3 Å². The number of hydrogen-bond donors (Lipinski definition) is 2. The summed E-state index contributed by atoms with van der Waals surface area (Å²) in [6.45, 7) is 5.80. The van der Waals surface area contributed by atoms with Crippen molar-refractivity contribution in [3.8, 4) is 5.88 Å². The molecule has 0 unspecified atom stereocenters.